The smallest absolute Gasteiger partial charge is 0.257 e. The van der Waals surface area contributed by atoms with Crippen molar-refractivity contribution in [2.24, 2.45) is 11.8 Å². The Morgan fingerprint density at radius 1 is 1.35 bits per heavy atom. The molecule has 0 saturated carbocycles. The van der Waals surface area contributed by atoms with Gasteiger partial charge in [-0.15, -0.1) is 0 Å². The molecule has 7 nitrogen and oxygen atoms in total. The third kappa shape index (κ3) is 5.20. The topological polar surface area (TPSA) is 70.6 Å². The van der Waals surface area contributed by atoms with Crippen molar-refractivity contribution < 1.29 is 13.6 Å². The first-order chi connectivity index (χ1) is 17.4. The highest BCUT2D eigenvalue weighted by Gasteiger charge is 2.25. The minimum atomic E-state index is -2.57. The van der Waals surface area contributed by atoms with Crippen LogP contribution in [0.1, 0.15) is 41.2 Å². The molecule has 1 aromatic carbocycles. The number of rotatable bonds is 6. The van der Waals surface area contributed by atoms with Gasteiger partial charge in [-0.3, -0.25) is 4.79 Å². The zero-order valence-corrected chi connectivity index (χ0v) is 20.5. The first-order valence-electron chi connectivity index (χ1n) is 12.9. The summed E-state index contributed by atoms with van der Waals surface area (Å²) in [4.78, 5) is 25.3. The van der Waals surface area contributed by atoms with E-state index in [1.165, 1.54) is 6.42 Å². The van der Waals surface area contributed by atoms with Gasteiger partial charge in [0.05, 0.1) is 22.6 Å². The third-order valence-corrected chi connectivity index (χ3v) is 6.57. The molecule has 0 unspecified atom stereocenters. The zero-order valence-electron chi connectivity index (χ0n) is 22.8. The zero-order chi connectivity index (χ0) is 26.9. The van der Waals surface area contributed by atoms with Gasteiger partial charge in [0.1, 0.15) is 5.76 Å². The summed E-state index contributed by atoms with van der Waals surface area (Å²) in [6.45, 7) is 7.41. The second kappa shape index (κ2) is 10.1. The van der Waals surface area contributed by atoms with E-state index in [0.29, 0.717) is 40.7 Å². The lowest BCUT2D eigenvalue weighted by Crippen LogP contribution is -2.39. The second-order valence-corrected chi connectivity index (χ2v) is 9.64. The molecule has 34 heavy (non-hydrogen) atoms. The van der Waals surface area contributed by atoms with Crippen molar-refractivity contribution in [2.45, 2.75) is 26.7 Å². The number of piperidine rings is 1. The molecular formula is C26H32ClN5O2. The third-order valence-electron chi connectivity index (χ3n) is 6.25. The van der Waals surface area contributed by atoms with E-state index in [-0.39, 0.29) is 0 Å². The van der Waals surface area contributed by atoms with Crippen LogP contribution in [0.2, 0.25) is 5.02 Å². The number of halogens is 1. The molecule has 0 aliphatic carbocycles. The Balaban J connectivity index is 1.53. The van der Waals surface area contributed by atoms with Crippen LogP contribution in [0, 0.1) is 11.8 Å². The van der Waals surface area contributed by atoms with Crippen LogP contribution in [0.15, 0.2) is 42.4 Å². The minimum absolute atomic E-state index is 0.392. The van der Waals surface area contributed by atoms with Gasteiger partial charge in [-0.25, -0.2) is 9.97 Å². The summed E-state index contributed by atoms with van der Waals surface area (Å²) in [5.74, 6) is 1.53. The van der Waals surface area contributed by atoms with E-state index >= 15 is 0 Å². The van der Waals surface area contributed by atoms with E-state index in [1.54, 1.807) is 12.3 Å². The van der Waals surface area contributed by atoms with Gasteiger partial charge >= 0.3 is 0 Å². The maximum atomic E-state index is 11.9. The lowest BCUT2D eigenvalue weighted by Gasteiger charge is -2.35. The number of benzene rings is 1. The summed E-state index contributed by atoms with van der Waals surface area (Å²) >= 11 is 6.49. The number of hydrogen-bond donors (Lipinski definition) is 1. The SMILES string of the molecule is [2H]C([2H])([2H])NC(=O)COC1=Cc2cc(Cc3nc(N4C[C@H](C)C[C@H](C)C4)ncc3Cl)ccc2N(C)C1=C. The van der Waals surface area contributed by atoms with Crippen LogP contribution < -0.4 is 15.1 Å². The predicted molar refractivity (Wildman–Crippen MR) is 137 cm³/mol. The number of hydrogen-bond acceptors (Lipinski definition) is 6. The Bertz CT molecular complexity index is 1220. The van der Waals surface area contributed by atoms with Gasteiger partial charge in [0.2, 0.25) is 5.95 Å². The van der Waals surface area contributed by atoms with Crippen LogP contribution in [-0.4, -0.2) is 49.6 Å². The number of ether oxygens (including phenoxy) is 1. The Hall–Kier alpha value is -3.06. The van der Waals surface area contributed by atoms with Crippen LogP contribution in [0.4, 0.5) is 11.6 Å². The maximum absolute atomic E-state index is 11.9. The molecule has 4 rings (SSSR count). The quantitative estimate of drug-likeness (QED) is 0.660. The number of amides is 1. The Morgan fingerprint density at radius 3 is 2.85 bits per heavy atom. The number of carbonyl (C=O) groups is 1. The number of likely N-dealkylation sites (N-methyl/N-ethyl adjacent to an activating group) is 2. The lowest BCUT2D eigenvalue weighted by molar-refractivity contribution is -0.123. The summed E-state index contributed by atoms with van der Waals surface area (Å²) < 4.78 is 27.1. The molecule has 8 heteroatoms. The van der Waals surface area contributed by atoms with Crippen LogP contribution in [0.5, 0.6) is 0 Å². The number of nitrogens with one attached hydrogen (secondary N) is 1. The Kier molecular flexibility index (Phi) is 6.01. The Morgan fingerprint density at radius 2 is 2.12 bits per heavy atom. The fourth-order valence-electron chi connectivity index (χ4n) is 4.66. The highest BCUT2D eigenvalue weighted by atomic mass is 35.5. The fourth-order valence-corrected chi connectivity index (χ4v) is 4.82. The van der Waals surface area contributed by atoms with Gasteiger partial charge in [-0.1, -0.05) is 38.1 Å². The van der Waals surface area contributed by atoms with E-state index in [2.05, 4.69) is 30.3 Å². The van der Waals surface area contributed by atoms with Crippen molar-refractivity contribution >= 4 is 35.2 Å². The number of nitrogens with zero attached hydrogens (tertiary/aromatic N) is 4. The van der Waals surface area contributed by atoms with Crippen LogP contribution in [-0.2, 0) is 16.0 Å². The summed E-state index contributed by atoms with van der Waals surface area (Å²) in [6, 6.07) is 6.04. The molecule has 1 N–H and O–H groups in total. The minimum Gasteiger partial charge on any atom is -0.482 e. The normalized spacial score (nSPS) is 21.7. The van der Waals surface area contributed by atoms with Crippen molar-refractivity contribution in [1.82, 2.24) is 15.3 Å². The van der Waals surface area contributed by atoms with Crippen LogP contribution in [0.25, 0.3) is 6.08 Å². The fraction of sp³-hybridized carbons (Fsp3) is 0.423. The van der Waals surface area contributed by atoms with E-state index < -0.39 is 19.5 Å². The molecule has 3 heterocycles. The molecule has 1 saturated heterocycles. The standard InChI is InChI=1S/C26H32ClN5O2/c1-16-8-17(2)14-32(13-16)26-29-12-21(27)22(30-26)10-19-6-7-23-20(9-19)11-24(18(3)31(23)5)34-15-25(33)28-4/h6-7,9,11-12,16-17H,3,8,10,13-15H2,1-2,4-5H3,(H,28,33)/t16-,17+/i4D3. The molecule has 180 valence electrons. The number of anilines is 2. The first kappa shape index (κ1) is 20.3. The van der Waals surface area contributed by atoms with Gasteiger partial charge in [-0.05, 0) is 42.0 Å². The van der Waals surface area contributed by atoms with E-state index in [9.17, 15) is 4.79 Å². The molecule has 1 aromatic heterocycles. The summed E-state index contributed by atoms with van der Waals surface area (Å²) in [7, 11) is 1.86. The summed E-state index contributed by atoms with van der Waals surface area (Å²) in [6.07, 6.45) is 5.20. The van der Waals surface area contributed by atoms with Crippen LogP contribution in [0.3, 0.4) is 0 Å². The molecule has 2 aliphatic rings. The van der Waals surface area contributed by atoms with Crippen molar-refractivity contribution in [3.63, 3.8) is 0 Å². The molecule has 2 aromatic rings. The molecule has 2 aliphatic heterocycles. The van der Waals surface area contributed by atoms with E-state index in [0.717, 1.165) is 35.6 Å². The van der Waals surface area contributed by atoms with Gasteiger partial charge in [0, 0.05) is 48.9 Å². The number of carbonyl (C=O) groups excluding carboxylic acids is 1. The molecule has 2 atom stereocenters. The number of aromatic nitrogens is 2. The van der Waals surface area contributed by atoms with Crippen LogP contribution >= 0.6 is 11.6 Å². The van der Waals surface area contributed by atoms with E-state index in [1.807, 2.05) is 35.5 Å². The Labute approximate surface area is 210 Å². The number of fused-ring (bicyclic) bond motifs is 1. The van der Waals surface area contributed by atoms with Gasteiger partial charge in [-0.2, -0.15) is 0 Å². The molecule has 0 spiro atoms. The monoisotopic (exact) mass is 484 g/mol. The van der Waals surface area contributed by atoms with Gasteiger partial charge in [0.25, 0.3) is 5.91 Å². The van der Waals surface area contributed by atoms with Gasteiger partial charge in [0.15, 0.2) is 6.61 Å². The molecule has 0 bridgehead atoms. The average molecular weight is 485 g/mol. The largest absolute Gasteiger partial charge is 0.482 e. The summed E-state index contributed by atoms with van der Waals surface area (Å²) in [5, 5.41) is 2.43. The van der Waals surface area contributed by atoms with Crippen molar-refractivity contribution in [1.29, 1.82) is 0 Å². The maximum Gasteiger partial charge on any atom is 0.257 e. The highest BCUT2D eigenvalue weighted by Crippen LogP contribution is 2.35. The predicted octanol–water partition coefficient (Wildman–Crippen LogP) is 4.27. The molecule has 0 radical (unpaired) electrons. The first-order valence-corrected chi connectivity index (χ1v) is 11.7. The molecule has 1 fully saturated rings. The van der Waals surface area contributed by atoms with Gasteiger partial charge < -0.3 is 19.9 Å². The highest BCUT2D eigenvalue weighted by molar-refractivity contribution is 6.31. The van der Waals surface area contributed by atoms with Crippen molar-refractivity contribution in [3.8, 4) is 0 Å². The molecular weight excluding hydrogens is 450 g/mol. The lowest BCUT2D eigenvalue weighted by atomic mass is 9.92. The summed E-state index contributed by atoms with van der Waals surface area (Å²) in [5.41, 5.74) is 4.13. The van der Waals surface area contributed by atoms with E-state index in [4.69, 9.17) is 25.4 Å². The van der Waals surface area contributed by atoms with Crippen molar-refractivity contribution in [3.05, 3.63) is 64.3 Å². The van der Waals surface area contributed by atoms with Crippen molar-refractivity contribution in [2.75, 3.05) is 43.5 Å². The second-order valence-electron chi connectivity index (χ2n) is 9.24. The molecule has 1 amide bonds. The average Bonchev–Trinajstić information content (AvgIpc) is 2.80.